The minimum absolute atomic E-state index is 0.0604. The van der Waals surface area contributed by atoms with Crippen LogP contribution in [0.5, 0.6) is 23.0 Å². The normalized spacial score (nSPS) is 20.1. The second kappa shape index (κ2) is 13.0. The van der Waals surface area contributed by atoms with Gasteiger partial charge in [0.25, 0.3) is 0 Å². The molecule has 0 N–H and O–H groups in total. The van der Waals surface area contributed by atoms with Gasteiger partial charge in [-0.15, -0.1) is 0 Å². The molecule has 2 aromatic rings. The van der Waals surface area contributed by atoms with Gasteiger partial charge in [0.15, 0.2) is 11.5 Å². The molecule has 0 fully saturated rings. The number of ether oxygens (including phenoxy) is 5. The third kappa shape index (κ3) is 6.66. The molecular formula is C32H38O8. The average Bonchev–Trinajstić information content (AvgIpc) is 2.90. The molecule has 0 saturated heterocycles. The van der Waals surface area contributed by atoms with Crippen LogP contribution in [-0.2, 0) is 14.3 Å². The van der Waals surface area contributed by atoms with Crippen molar-refractivity contribution >= 4 is 23.8 Å². The van der Waals surface area contributed by atoms with Gasteiger partial charge in [0.1, 0.15) is 22.8 Å². The molecule has 4 rings (SSSR count). The number of hydrogen-bond acceptors (Lipinski definition) is 8. The summed E-state index contributed by atoms with van der Waals surface area (Å²) in [5.74, 6) is 0.644. The molecule has 0 saturated carbocycles. The largest absolute Gasteiger partial charge is 0.495 e. The smallest absolute Gasteiger partial charge is 0.342 e. The van der Waals surface area contributed by atoms with E-state index in [9.17, 15) is 14.4 Å². The third-order valence-corrected chi connectivity index (χ3v) is 7.11. The maximum Gasteiger partial charge on any atom is 0.342 e. The van der Waals surface area contributed by atoms with Crippen molar-refractivity contribution in [1.82, 2.24) is 0 Å². The molecule has 2 aliphatic heterocycles. The van der Waals surface area contributed by atoms with Gasteiger partial charge in [-0.2, -0.15) is 0 Å². The Morgan fingerprint density at radius 1 is 0.975 bits per heavy atom. The van der Waals surface area contributed by atoms with Gasteiger partial charge in [-0.3, -0.25) is 9.59 Å². The maximum atomic E-state index is 13.6. The molecule has 2 atom stereocenters. The van der Waals surface area contributed by atoms with Crippen LogP contribution in [0.2, 0.25) is 0 Å². The maximum absolute atomic E-state index is 13.6. The first-order valence-electron chi connectivity index (χ1n) is 13.9. The predicted molar refractivity (Wildman–Crippen MR) is 150 cm³/mol. The first-order chi connectivity index (χ1) is 19.2. The number of benzene rings is 2. The number of cyclic esters (lactones) is 1. The Morgan fingerprint density at radius 3 is 2.48 bits per heavy atom. The standard InChI is InChI=1S/C32H38O8/c1-19(2)38-26-16-21(14-15-25(26)36-4)24-18-28(34)40-27-17-22-11-7-6-8-12-23(33)13-9-10-20(3)39-32(35)29(22)31(37-5)30(24)27/h7,11,14-17,19-20,24H,6,8-10,12-13,18H2,1-5H3. The Hall–Kier alpha value is -3.81. The number of hydrogen-bond donors (Lipinski definition) is 0. The lowest BCUT2D eigenvalue weighted by Gasteiger charge is -2.29. The zero-order chi connectivity index (χ0) is 28.8. The van der Waals surface area contributed by atoms with E-state index in [-0.39, 0.29) is 35.9 Å². The van der Waals surface area contributed by atoms with Crippen LogP contribution in [0.4, 0.5) is 0 Å². The number of Topliss-reactive ketones (excluding diaryl/α,β-unsaturated/α-hetero) is 1. The molecule has 2 aromatic carbocycles. The number of methoxy groups -OCH3 is 2. The molecule has 8 nitrogen and oxygen atoms in total. The summed E-state index contributed by atoms with van der Waals surface area (Å²) in [7, 11) is 3.08. The first-order valence-corrected chi connectivity index (χ1v) is 13.9. The van der Waals surface area contributed by atoms with Crippen molar-refractivity contribution in [3.8, 4) is 23.0 Å². The molecule has 214 valence electrons. The van der Waals surface area contributed by atoms with Crippen LogP contribution in [0.3, 0.4) is 0 Å². The Kier molecular flexibility index (Phi) is 9.50. The van der Waals surface area contributed by atoms with Crippen LogP contribution in [0.1, 0.15) is 98.7 Å². The van der Waals surface area contributed by atoms with Crippen molar-refractivity contribution in [3.63, 3.8) is 0 Å². The summed E-state index contributed by atoms with van der Waals surface area (Å²) >= 11 is 0. The minimum atomic E-state index is -0.524. The molecule has 0 aliphatic carbocycles. The fraction of sp³-hybridized carbons (Fsp3) is 0.469. The van der Waals surface area contributed by atoms with Crippen LogP contribution < -0.4 is 18.9 Å². The molecule has 0 amide bonds. The summed E-state index contributed by atoms with van der Waals surface area (Å²) in [5.41, 5.74) is 2.22. The summed E-state index contributed by atoms with van der Waals surface area (Å²) in [6.07, 6.45) is 6.95. The zero-order valence-corrected chi connectivity index (χ0v) is 23.9. The number of ketones is 1. The highest BCUT2D eigenvalue weighted by molar-refractivity contribution is 5.99. The van der Waals surface area contributed by atoms with Gasteiger partial charge in [0, 0.05) is 24.3 Å². The lowest BCUT2D eigenvalue weighted by molar-refractivity contribution is -0.135. The molecule has 0 bridgehead atoms. The number of fused-ring (bicyclic) bond motifs is 2. The van der Waals surface area contributed by atoms with Crippen LogP contribution >= 0.6 is 0 Å². The van der Waals surface area contributed by atoms with Crippen molar-refractivity contribution in [3.05, 3.63) is 52.6 Å². The molecule has 2 unspecified atom stereocenters. The van der Waals surface area contributed by atoms with Gasteiger partial charge in [0.05, 0.1) is 32.8 Å². The van der Waals surface area contributed by atoms with Gasteiger partial charge in [-0.1, -0.05) is 18.2 Å². The van der Waals surface area contributed by atoms with E-state index in [1.54, 1.807) is 19.3 Å². The van der Waals surface area contributed by atoms with Gasteiger partial charge >= 0.3 is 11.9 Å². The summed E-state index contributed by atoms with van der Waals surface area (Å²) in [6.45, 7) is 5.68. The summed E-state index contributed by atoms with van der Waals surface area (Å²) in [5, 5.41) is 0. The minimum Gasteiger partial charge on any atom is -0.495 e. The average molecular weight is 551 g/mol. The highest BCUT2D eigenvalue weighted by Crippen LogP contribution is 2.48. The van der Waals surface area contributed by atoms with E-state index < -0.39 is 11.9 Å². The summed E-state index contributed by atoms with van der Waals surface area (Å²) < 4.78 is 28.9. The molecule has 8 heteroatoms. The van der Waals surface area contributed by atoms with Crippen molar-refractivity contribution in [2.45, 2.75) is 83.8 Å². The molecular weight excluding hydrogens is 512 g/mol. The second-order valence-electron chi connectivity index (χ2n) is 10.5. The second-order valence-corrected chi connectivity index (χ2v) is 10.5. The highest BCUT2D eigenvalue weighted by atomic mass is 16.6. The molecule has 40 heavy (non-hydrogen) atoms. The van der Waals surface area contributed by atoms with E-state index in [0.29, 0.717) is 66.2 Å². The molecule has 0 radical (unpaired) electrons. The number of rotatable bonds is 5. The molecule has 0 spiro atoms. The van der Waals surface area contributed by atoms with Crippen LogP contribution in [-0.4, -0.2) is 44.1 Å². The highest BCUT2D eigenvalue weighted by Gasteiger charge is 2.36. The van der Waals surface area contributed by atoms with Crippen LogP contribution in [0.25, 0.3) is 6.08 Å². The van der Waals surface area contributed by atoms with E-state index >= 15 is 0 Å². The number of esters is 2. The molecule has 2 aliphatic rings. The van der Waals surface area contributed by atoms with Crippen molar-refractivity contribution in [1.29, 1.82) is 0 Å². The van der Waals surface area contributed by atoms with Crippen LogP contribution in [0.15, 0.2) is 30.3 Å². The first kappa shape index (κ1) is 29.2. The summed E-state index contributed by atoms with van der Waals surface area (Å²) in [6, 6.07) is 7.25. The van der Waals surface area contributed by atoms with Gasteiger partial charge in [0.2, 0.25) is 0 Å². The van der Waals surface area contributed by atoms with E-state index in [1.807, 2.05) is 45.0 Å². The van der Waals surface area contributed by atoms with Crippen molar-refractivity contribution in [2.75, 3.05) is 14.2 Å². The third-order valence-electron chi connectivity index (χ3n) is 7.11. The molecule has 0 aromatic heterocycles. The SMILES string of the molecule is COc1ccc(C2CC(=O)Oc3cc4c(c(OC)c32)C(=O)OC(C)CCCC(=O)CCCC=C4)cc1OC(C)C. The van der Waals surface area contributed by atoms with E-state index in [2.05, 4.69) is 0 Å². The van der Waals surface area contributed by atoms with Gasteiger partial charge in [-0.05, 0) is 75.8 Å². The number of carbonyl (C=O) groups is 3. The predicted octanol–water partition coefficient (Wildman–Crippen LogP) is 6.41. The summed E-state index contributed by atoms with van der Waals surface area (Å²) in [4.78, 5) is 38.6. The lowest BCUT2D eigenvalue weighted by atomic mass is 9.83. The van der Waals surface area contributed by atoms with E-state index in [0.717, 1.165) is 12.0 Å². The Bertz CT molecular complexity index is 1290. The fourth-order valence-corrected chi connectivity index (χ4v) is 5.25. The quantitative estimate of drug-likeness (QED) is 0.311. The number of carbonyl (C=O) groups excluding carboxylic acids is 3. The van der Waals surface area contributed by atoms with E-state index in [4.69, 9.17) is 23.7 Å². The van der Waals surface area contributed by atoms with Crippen molar-refractivity contribution < 1.29 is 38.1 Å². The monoisotopic (exact) mass is 550 g/mol. The lowest BCUT2D eigenvalue weighted by Crippen LogP contribution is -2.24. The fourth-order valence-electron chi connectivity index (χ4n) is 5.25. The number of allylic oxidation sites excluding steroid dienone is 1. The zero-order valence-electron chi connectivity index (χ0n) is 23.9. The van der Waals surface area contributed by atoms with Gasteiger partial charge < -0.3 is 23.7 Å². The Balaban J connectivity index is 1.86. The molecule has 2 heterocycles. The topological polar surface area (TPSA) is 97.4 Å². The van der Waals surface area contributed by atoms with Crippen LogP contribution in [0, 0.1) is 0 Å². The van der Waals surface area contributed by atoms with E-state index in [1.165, 1.54) is 7.11 Å². The van der Waals surface area contributed by atoms with Crippen molar-refractivity contribution in [2.24, 2.45) is 0 Å². The Morgan fingerprint density at radius 2 is 1.75 bits per heavy atom. The Labute approximate surface area is 235 Å². The van der Waals surface area contributed by atoms with Gasteiger partial charge in [-0.25, -0.2) is 4.79 Å².